The molecular weight excluding hydrogens is 370 g/mol. The highest BCUT2D eigenvalue weighted by molar-refractivity contribution is 5.89. The third-order valence-corrected chi connectivity index (χ3v) is 4.90. The monoisotopic (exact) mass is 391 g/mol. The molecule has 1 aromatic carbocycles. The molecular formula is C21H21N5O3. The topological polar surface area (TPSA) is 101 Å². The number of aryl methyl sites for hydroxylation is 1. The summed E-state index contributed by atoms with van der Waals surface area (Å²) in [5, 5.41) is 6.79. The lowest BCUT2D eigenvalue weighted by atomic mass is 10.1. The van der Waals surface area contributed by atoms with E-state index in [-0.39, 0.29) is 24.7 Å². The van der Waals surface area contributed by atoms with Gasteiger partial charge < -0.3 is 14.7 Å². The van der Waals surface area contributed by atoms with Crippen molar-refractivity contribution in [1.82, 2.24) is 25.3 Å². The molecule has 0 aliphatic carbocycles. The van der Waals surface area contributed by atoms with Crippen LogP contribution in [0.5, 0.6) is 0 Å². The molecule has 3 aromatic rings. The first-order valence-corrected chi connectivity index (χ1v) is 9.46. The first-order valence-electron chi connectivity index (χ1n) is 9.46. The van der Waals surface area contributed by atoms with Crippen molar-refractivity contribution in [2.24, 2.45) is 0 Å². The number of piperazine rings is 1. The van der Waals surface area contributed by atoms with Crippen molar-refractivity contribution in [3.05, 3.63) is 65.8 Å². The van der Waals surface area contributed by atoms with E-state index < -0.39 is 6.04 Å². The minimum Gasteiger partial charge on any atom is -0.353 e. The predicted octanol–water partition coefficient (Wildman–Crippen LogP) is 1.55. The van der Waals surface area contributed by atoms with Crippen LogP contribution in [0.2, 0.25) is 0 Å². The zero-order valence-corrected chi connectivity index (χ0v) is 16.0. The molecule has 0 bridgehead atoms. The number of nitrogens with one attached hydrogen (secondary N) is 1. The van der Waals surface area contributed by atoms with Gasteiger partial charge in [-0.1, -0.05) is 35.0 Å². The van der Waals surface area contributed by atoms with Crippen molar-refractivity contribution in [2.75, 3.05) is 13.1 Å². The minimum atomic E-state index is -0.674. The summed E-state index contributed by atoms with van der Waals surface area (Å²) in [6, 6.07) is 10.7. The van der Waals surface area contributed by atoms with Gasteiger partial charge in [-0.05, 0) is 24.6 Å². The van der Waals surface area contributed by atoms with Gasteiger partial charge in [0.15, 0.2) is 0 Å². The van der Waals surface area contributed by atoms with E-state index in [0.717, 1.165) is 16.7 Å². The average Bonchev–Trinajstić information content (AvgIpc) is 3.20. The first kappa shape index (κ1) is 18.8. The molecule has 29 heavy (non-hydrogen) atoms. The van der Waals surface area contributed by atoms with E-state index in [1.807, 2.05) is 31.2 Å². The Bertz CT molecular complexity index is 1000. The predicted molar refractivity (Wildman–Crippen MR) is 105 cm³/mol. The minimum absolute atomic E-state index is 0.0948. The quantitative estimate of drug-likeness (QED) is 0.708. The second-order valence-electron chi connectivity index (χ2n) is 7.01. The number of amides is 2. The standard InChI is InChI=1S/C21H21N5O3/c1-14-2-4-15(5-3-14)12-19(27)26-11-10-23-21(28)17(26)13-18-24-20(25-29-18)16-6-8-22-9-7-16/h2-9,17H,10-13H2,1H3,(H,23,28). The Morgan fingerprint density at radius 1 is 1.21 bits per heavy atom. The molecule has 148 valence electrons. The summed E-state index contributed by atoms with van der Waals surface area (Å²) in [5.74, 6) is 0.433. The largest absolute Gasteiger partial charge is 0.353 e. The van der Waals surface area contributed by atoms with Gasteiger partial charge in [0, 0.05) is 31.0 Å². The average molecular weight is 391 g/mol. The molecule has 1 fully saturated rings. The number of carbonyl (C=O) groups excluding carboxylic acids is 2. The molecule has 1 aliphatic rings. The number of benzene rings is 1. The van der Waals surface area contributed by atoms with Gasteiger partial charge in [0.1, 0.15) is 6.04 Å². The third kappa shape index (κ3) is 4.31. The summed E-state index contributed by atoms with van der Waals surface area (Å²) in [6.45, 7) is 2.88. The van der Waals surface area contributed by atoms with Gasteiger partial charge in [-0.25, -0.2) is 0 Å². The SMILES string of the molecule is Cc1ccc(CC(=O)N2CCNC(=O)C2Cc2nc(-c3ccncc3)no2)cc1. The smallest absolute Gasteiger partial charge is 0.243 e. The van der Waals surface area contributed by atoms with Gasteiger partial charge in [0.2, 0.25) is 23.5 Å². The number of pyridine rings is 1. The van der Waals surface area contributed by atoms with Gasteiger partial charge in [-0.15, -0.1) is 0 Å². The lowest BCUT2D eigenvalue weighted by Gasteiger charge is -2.34. The van der Waals surface area contributed by atoms with Crippen LogP contribution in [0.3, 0.4) is 0 Å². The Labute approximate surface area is 167 Å². The van der Waals surface area contributed by atoms with E-state index >= 15 is 0 Å². The normalized spacial score (nSPS) is 16.5. The fourth-order valence-corrected chi connectivity index (χ4v) is 3.32. The molecule has 1 atom stereocenters. The number of nitrogens with zero attached hydrogens (tertiary/aromatic N) is 4. The zero-order valence-electron chi connectivity index (χ0n) is 16.0. The maximum absolute atomic E-state index is 12.9. The van der Waals surface area contributed by atoms with Crippen LogP contribution < -0.4 is 5.32 Å². The highest BCUT2D eigenvalue weighted by Gasteiger charge is 2.34. The Morgan fingerprint density at radius 2 is 1.97 bits per heavy atom. The second kappa shape index (κ2) is 8.22. The molecule has 8 heteroatoms. The second-order valence-corrected chi connectivity index (χ2v) is 7.01. The number of hydrogen-bond acceptors (Lipinski definition) is 6. The van der Waals surface area contributed by atoms with Crippen LogP contribution in [0.25, 0.3) is 11.4 Å². The third-order valence-electron chi connectivity index (χ3n) is 4.90. The van der Waals surface area contributed by atoms with Crippen LogP contribution in [0.15, 0.2) is 53.3 Å². The van der Waals surface area contributed by atoms with E-state index in [2.05, 4.69) is 20.4 Å². The molecule has 1 saturated heterocycles. The molecule has 3 heterocycles. The van der Waals surface area contributed by atoms with Crippen molar-refractivity contribution in [3.8, 4) is 11.4 Å². The summed E-state index contributed by atoms with van der Waals surface area (Å²) in [4.78, 5) is 35.3. The number of rotatable bonds is 5. The van der Waals surface area contributed by atoms with E-state index in [4.69, 9.17) is 4.52 Å². The summed E-state index contributed by atoms with van der Waals surface area (Å²) in [6.07, 6.45) is 3.70. The molecule has 0 spiro atoms. The molecule has 0 radical (unpaired) electrons. The van der Waals surface area contributed by atoms with Gasteiger partial charge in [-0.2, -0.15) is 4.98 Å². The molecule has 8 nitrogen and oxygen atoms in total. The molecule has 0 saturated carbocycles. The van der Waals surface area contributed by atoms with Crippen LogP contribution in [0.1, 0.15) is 17.0 Å². The molecule has 4 rings (SSSR count). The fraction of sp³-hybridized carbons (Fsp3) is 0.286. The summed E-state index contributed by atoms with van der Waals surface area (Å²) >= 11 is 0. The van der Waals surface area contributed by atoms with Crippen molar-refractivity contribution < 1.29 is 14.1 Å². The van der Waals surface area contributed by atoms with E-state index in [1.54, 1.807) is 29.4 Å². The van der Waals surface area contributed by atoms with Crippen molar-refractivity contribution in [3.63, 3.8) is 0 Å². The summed E-state index contributed by atoms with van der Waals surface area (Å²) < 4.78 is 5.33. The van der Waals surface area contributed by atoms with E-state index in [0.29, 0.717) is 24.8 Å². The Morgan fingerprint density at radius 3 is 2.72 bits per heavy atom. The maximum atomic E-state index is 12.9. The molecule has 2 aromatic heterocycles. The van der Waals surface area contributed by atoms with Crippen LogP contribution in [0, 0.1) is 6.92 Å². The lowest BCUT2D eigenvalue weighted by molar-refractivity contribution is -0.142. The highest BCUT2D eigenvalue weighted by Crippen LogP contribution is 2.18. The molecule has 1 unspecified atom stereocenters. The fourth-order valence-electron chi connectivity index (χ4n) is 3.32. The lowest BCUT2D eigenvalue weighted by Crippen LogP contribution is -2.58. The number of hydrogen-bond donors (Lipinski definition) is 1. The Kier molecular flexibility index (Phi) is 5.33. The van der Waals surface area contributed by atoms with Crippen molar-refractivity contribution >= 4 is 11.8 Å². The Balaban J connectivity index is 1.49. The number of carbonyl (C=O) groups is 2. The van der Waals surface area contributed by atoms with Crippen LogP contribution in [-0.4, -0.2) is 51.0 Å². The molecule has 1 aliphatic heterocycles. The highest BCUT2D eigenvalue weighted by atomic mass is 16.5. The van der Waals surface area contributed by atoms with Gasteiger partial charge >= 0.3 is 0 Å². The van der Waals surface area contributed by atoms with E-state index in [1.165, 1.54) is 0 Å². The van der Waals surface area contributed by atoms with Crippen molar-refractivity contribution in [2.45, 2.75) is 25.8 Å². The van der Waals surface area contributed by atoms with Crippen LogP contribution >= 0.6 is 0 Å². The van der Waals surface area contributed by atoms with E-state index in [9.17, 15) is 9.59 Å². The molecule has 2 amide bonds. The van der Waals surface area contributed by atoms with Crippen molar-refractivity contribution in [1.29, 1.82) is 0 Å². The molecule has 1 N–H and O–H groups in total. The summed E-state index contributed by atoms with van der Waals surface area (Å²) in [7, 11) is 0. The first-order chi connectivity index (χ1) is 14.1. The van der Waals surface area contributed by atoms with Crippen LogP contribution in [-0.2, 0) is 22.4 Å². The Hall–Kier alpha value is -3.55. The van der Waals surface area contributed by atoms with Gasteiger partial charge in [0.25, 0.3) is 0 Å². The van der Waals surface area contributed by atoms with Crippen LogP contribution in [0.4, 0.5) is 0 Å². The van der Waals surface area contributed by atoms with Gasteiger partial charge in [0.05, 0.1) is 12.8 Å². The maximum Gasteiger partial charge on any atom is 0.243 e. The zero-order chi connectivity index (χ0) is 20.2. The summed E-state index contributed by atoms with van der Waals surface area (Å²) in [5.41, 5.74) is 2.83. The number of aromatic nitrogens is 3. The van der Waals surface area contributed by atoms with Gasteiger partial charge in [-0.3, -0.25) is 14.6 Å².